The van der Waals surface area contributed by atoms with Crippen molar-refractivity contribution in [3.05, 3.63) is 52.5 Å². The zero-order chi connectivity index (χ0) is 20.3. The Morgan fingerprint density at radius 1 is 1.14 bits per heavy atom. The van der Waals surface area contributed by atoms with Gasteiger partial charge in [-0.2, -0.15) is 4.31 Å². The van der Waals surface area contributed by atoms with E-state index in [1.54, 1.807) is 6.07 Å². The molecule has 0 spiro atoms. The van der Waals surface area contributed by atoms with Gasteiger partial charge in [0.1, 0.15) is 10.6 Å². The molecule has 1 amide bonds. The van der Waals surface area contributed by atoms with E-state index in [9.17, 15) is 13.2 Å². The van der Waals surface area contributed by atoms with Crippen LogP contribution in [0.1, 0.15) is 24.0 Å². The highest BCUT2D eigenvalue weighted by atomic mass is 35.5. The second kappa shape index (κ2) is 8.51. The normalized spacial score (nSPS) is 14.8. The molecule has 0 atom stereocenters. The highest BCUT2D eigenvalue weighted by Gasteiger charge is 2.29. The van der Waals surface area contributed by atoms with E-state index >= 15 is 0 Å². The SMILES string of the molecule is Cc1ccc(C)c(OCC(=O)Nc2ccc(Cl)c(S(=O)(=O)N3CCCC3)c2)c1. The molecule has 2 aromatic rings. The van der Waals surface area contributed by atoms with Gasteiger partial charge in [0.25, 0.3) is 5.91 Å². The van der Waals surface area contributed by atoms with Crippen molar-refractivity contribution in [3.8, 4) is 5.75 Å². The standard InChI is InChI=1S/C20H23ClN2O4S/c1-14-5-6-15(2)18(11-14)27-13-20(24)22-16-7-8-17(21)19(12-16)28(25,26)23-9-3-4-10-23/h5-8,11-12H,3-4,9-10,13H2,1-2H3,(H,22,24). The molecule has 28 heavy (non-hydrogen) atoms. The zero-order valence-electron chi connectivity index (χ0n) is 15.9. The molecule has 1 saturated heterocycles. The van der Waals surface area contributed by atoms with E-state index in [1.165, 1.54) is 16.4 Å². The Morgan fingerprint density at radius 2 is 1.86 bits per heavy atom. The van der Waals surface area contributed by atoms with Crippen molar-refractivity contribution in [2.24, 2.45) is 0 Å². The van der Waals surface area contributed by atoms with E-state index in [0.29, 0.717) is 24.5 Å². The smallest absolute Gasteiger partial charge is 0.262 e. The molecule has 2 aromatic carbocycles. The highest BCUT2D eigenvalue weighted by Crippen LogP contribution is 2.29. The van der Waals surface area contributed by atoms with Crippen LogP contribution in [-0.2, 0) is 14.8 Å². The van der Waals surface area contributed by atoms with Crippen LogP contribution < -0.4 is 10.1 Å². The summed E-state index contributed by atoms with van der Waals surface area (Å²) in [5.74, 6) is 0.260. The van der Waals surface area contributed by atoms with Gasteiger partial charge in [-0.15, -0.1) is 0 Å². The predicted molar refractivity (Wildman–Crippen MR) is 109 cm³/mol. The van der Waals surface area contributed by atoms with Crippen LogP contribution in [0.3, 0.4) is 0 Å². The van der Waals surface area contributed by atoms with Gasteiger partial charge in [-0.05, 0) is 62.1 Å². The Bertz CT molecular complexity index is 986. The van der Waals surface area contributed by atoms with Crippen LogP contribution in [0.25, 0.3) is 0 Å². The summed E-state index contributed by atoms with van der Waals surface area (Å²) in [6.07, 6.45) is 1.67. The number of sulfonamides is 1. The number of nitrogens with zero attached hydrogens (tertiary/aromatic N) is 1. The van der Waals surface area contributed by atoms with Gasteiger partial charge in [-0.3, -0.25) is 4.79 Å². The maximum atomic E-state index is 12.8. The van der Waals surface area contributed by atoms with Gasteiger partial charge in [-0.1, -0.05) is 23.7 Å². The molecule has 0 aromatic heterocycles. The van der Waals surface area contributed by atoms with Crippen LogP contribution >= 0.6 is 11.6 Å². The van der Waals surface area contributed by atoms with Crippen molar-refractivity contribution >= 4 is 33.2 Å². The van der Waals surface area contributed by atoms with Crippen molar-refractivity contribution in [1.29, 1.82) is 0 Å². The van der Waals surface area contributed by atoms with Gasteiger partial charge < -0.3 is 10.1 Å². The fraction of sp³-hybridized carbons (Fsp3) is 0.350. The second-order valence-corrected chi connectivity index (χ2v) is 9.18. The maximum absolute atomic E-state index is 12.8. The van der Waals surface area contributed by atoms with Crippen molar-refractivity contribution in [2.45, 2.75) is 31.6 Å². The van der Waals surface area contributed by atoms with Crippen LogP contribution in [0.2, 0.25) is 5.02 Å². The number of hydrogen-bond donors (Lipinski definition) is 1. The van der Waals surface area contributed by atoms with Crippen LogP contribution in [-0.4, -0.2) is 38.3 Å². The first-order valence-electron chi connectivity index (χ1n) is 9.07. The molecular weight excluding hydrogens is 400 g/mol. The van der Waals surface area contributed by atoms with Gasteiger partial charge in [0.2, 0.25) is 10.0 Å². The summed E-state index contributed by atoms with van der Waals surface area (Å²) in [5, 5.41) is 2.81. The van der Waals surface area contributed by atoms with Crippen molar-refractivity contribution in [2.75, 3.05) is 25.0 Å². The minimum atomic E-state index is -3.67. The number of carbonyl (C=O) groups excluding carboxylic acids is 1. The third-order valence-electron chi connectivity index (χ3n) is 4.60. The summed E-state index contributed by atoms with van der Waals surface area (Å²) < 4.78 is 32.6. The lowest BCUT2D eigenvalue weighted by Crippen LogP contribution is -2.28. The average molecular weight is 423 g/mol. The fourth-order valence-corrected chi connectivity index (χ4v) is 5.07. The molecule has 0 saturated carbocycles. The van der Waals surface area contributed by atoms with Crippen molar-refractivity contribution < 1.29 is 17.9 Å². The average Bonchev–Trinajstić information content (AvgIpc) is 3.19. The maximum Gasteiger partial charge on any atom is 0.262 e. The zero-order valence-corrected chi connectivity index (χ0v) is 17.4. The predicted octanol–water partition coefficient (Wildman–Crippen LogP) is 3.76. The molecule has 0 unspecified atom stereocenters. The lowest BCUT2D eigenvalue weighted by atomic mass is 10.1. The monoisotopic (exact) mass is 422 g/mol. The number of carbonyl (C=O) groups is 1. The summed E-state index contributed by atoms with van der Waals surface area (Å²) in [4.78, 5) is 12.3. The number of amides is 1. The molecule has 0 bridgehead atoms. The quantitative estimate of drug-likeness (QED) is 0.769. The Balaban J connectivity index is 1.70. The Kier molecular flexibility index (Phi) is 6.27. The molecule has 8 heteroatoms. The van der Waals surface area contributed by atoms with E-state index in [2.05, 4.69) is 5.32 Å². The molecule has 1 N–H and O–H groups in total. The molecule has 0 aliphatic carbocycles. The number of nitrogens with one attached hydrogen (secondary N) is 1. The summed E-state index contributed by atoms with van der Waals surface area (Å²) >= 11 is 6.13. The fourth-order valence-electron chi connectivity index (χ4n) is 3.05. The molecule has 3 rings (SSSR count). The van der Waals surface area contributed by atoms with Gasteiger partial charge in [-0.25, -0.2) is 8.42 Å². The van der Waals surface area contributed by atoms with Gasteiger partial charge in [0.05, 0.1) is 5.02 Å². The molecule has 1 heterocycles. The van der Waals surface area contributed by atoms with Gasteiger partial charge in [0.15, 0.2) is 6.61 Å². The third-order valence-corrected chi connectivity index (χ3v) is 6.98. The minimum absolute atomic E-state index is 0.00399. The second-order valence-electron chi connectivity index (χ2n) is 6.86. The lowest BCUT2D eigenvalue weighted by Gasteiger charge is -2.17. The first kappa shape index (κ1) is 20.6. The molecule has 150 valence electrons. The Morgan fingerprint density at radius 3 is 2.57 bits per heavy atom. The molecule has 6 nitrogen and oxygen atoms in total. The topological polar surface area (TPSA) is 75.7 Å². The lowest BCUT2D eigenvalue weighted by molar-refractivity contribution is -0.118. The van der Waals surface area contributed by atoms with Crippen molar-refractivity contribution in [1.82, 2.24) is 4.31 Å². The van der Waals surface area contributed by atoms with Gasteiger partial charge >= 0.3 is 0 Å². The van der Waals surface area contributed by atoms with E-state index < -0.39 is 10.0 Å². The van der Waals surface area contributed by atoms with E-state index in [-0.39, 0.29) is 22.4 Å². The highest BCUT2D eigenvalue weighted by molar-refractivity contribution is 7.89. The molecule has 1 fully saturated rings. The number of aryl methyl sites for hydroxylation is 2. The minimum Gasteiger partial charge on any atom is -0.483 e. The Labute approximate surface area is 170 Å². The molecule has 0 radical (unpaired) electrons. The third kappa shape index (κ3) is 4.66. The van der Waals surface area contributed by atoms with Crippen molar-refractivity contribution in [3.63, 3.8) is 0 Å². The van der Waals surface area contributed by atoms with E-state index in [4.69, 9.17) is 16.3 Å². The van der Waals surface area contributed by atoms with E-state index in [0.717, 1.165) is 24.0 Å². The number of benzene rings is 2. The van der Waals surface area contributed by atoms with E-state index in [1.807, 2.05) is 32.0 Å². The summed E-state index contributed by atoms with van der Waals surface area (Å²) in [7, 11) is -3.67. The number of anilines is 1. The summed E-state index contributed by atoms with van der Waals surface area (Å²) in [6.45, 7) is 4.64. The van der Waals surface area contributed by atoms with Crippen LogP contribution in [0, 0.1) is 13.8 Å². The van der Waals surface area contributed by atoms with Crippen LogP contribution in [0.5, 0.6) is 5.75 Å². The number of halogens is 1. The summed E-state index contributed by atoms with van der Waals surface area (Å²) in [5.41, 5.74) is 2.33. The number of rotatable bonds is 6. The largest absolute Gasteiger partial charge is 0.483 e. The molecule has 1 aliphatic rings. The number of ether oxygens (including phenoxy) is 1. The summed E-state index contributed by atoms with van der Waals surface area (Å²) in [6, 6.07) is 10.2. The first-order valence-corrected chi connectivity index (χ1v) is 10.9. The number of hydrogen-bond acceptors (Lipinski definition) is 4. The molecular formula is C20H23ClN2O4S. The van der Waals surface area contributed by atoms with Crippen LogP contribution in [0.15, 0.2) is 41.3 Å². The van der Waals surface area contributed by atoms with Crippen LogP contribution in [0.4, 0.5) is 5.69 Å². The first-order chi connectivity index (χ1) is 13.3. The molecule has 1 aliphatic heterocycles. The van der Waals surface area contributed by atoms with Gasteiger partial charge in [0, 0.05) is 18.8 Å². The Hall–Kier alpha value is -2.09.